The molecule has 10 heteroatoms. The molecule has 0 radical (unpaired) electrons. The van der Waals surface area contributed by atoms with Crippen LogP contribution in [0.5, 0.6) is 0 Å². The Labute approximate surface area is 196 Å². The molecule has 0 fully saturated rings. The van der Waals surface area contributed by atoms with Gasteiger partial charge in [-0.25, -0.2) is 18.7 Å². The Kier molecular flexibility index (Phi) is 6.66. The summed E-state index contributed by atoms with van der Waals surface area (Å²) < 4.78 is 28.1. The Balaban J connectivity index is 1.53. The van der Waals surface area contributed by atoms with Crippen molar-refractivity contribution in [3.05, 3.63) is 82.5 Å². The maximum absolute atomic E-state index is 13.5. The number of thioether (sulfide) groups is 1. The molecule has 0 aliphatic rings. The first-order valence-corrected chi connectivity index (χ1v) is 11.6. The monoisotopic (exact) mass is 484 g/mol. The molecule has 4 rings (SSSR count). The number of allylic oxidation sites excluding steroid dienone is 1. The normalized spacial score (nSPS) is 12.0. The molecular weight excluding hydrogens is 466 g/mol. The molecule has 2 heterocycles. The van der Waals surface area contributed by atoms with Gasteiger partial charge in [-0.1, -0.05) is 30.0 Å². The van der Waals surface area contributed by atoms with Gasteiger partial charge in [0.05, 0.1) is 21.8 Å². The second kappa shape index (κ2) is 9.63. The number of anilines is 1. The number of aromatic nitrogens is 3. The molecule has 0 saturated heterocycles. The highest BCUT2D eigenvalue weighted by atomic mass is 32.2. The minimum Gasteiger partial charge on any atom is -0.301 e. The lowest BCUT2D eigenvalue weighted by Gasteiger charge is -2.15. The molecule has 1 N–H and O–H groups in total. The maximum Gasteiger partial charge on any atom is 0.262 e. The number of halogens is 2. The zero-order chi connectivity index (χ0) is 23.5. The zero-order valence-electron chi connectivity index (χ0n) is 17.4. The van der Waals surface area contributed by atoms with E-state index in [2.05, 4.69) is 21.9 Å². The number of hydrogen-bond donors (Lipinski definition) is 1. The van der Waals surface area contributed by atoms with E-state index in [-0.39, 0.29) is 18.0 Å². The first-order chi connectivity index (χ1) is 15.9. The lowest BCUT2D eigenvalue weighted by Crippen LogP contribution is -2.26. The van der Waals surface area contributed by atoms with Crippen LogP contribution in [0.25, 0.3) is 22.2 Å². The van der Waals surface area contributed by atoms with E-state index in [4.69, 9.17) is 0 Å². The number of nitrogens with zero attached hydrogens (tertiary/aromatic N) is 3. The van der Waals surface area contributed by atoms with Crippen molar-refractivity contribution in [1.29, 1.82) is 0 Å². The molecule has 33 heavy (non-hydrogen) atoms. The largest absolute Gasteiger partial charge is 0.301 e. The van der Waals surface area contributed by atoms with Crippen LogP contribution in [-0.2, 0) is 11.3 Å². The summed E-state index contributed by atoms with van der Waals surface area (Å²) >= 11 is 2.32. The van der Waals surface area contributed by atoms with Gasteiger partial charge in [-0.05, 0) is 37.3 Å². The summed E-state index contributed by atoms with van der Waals surface area (Å²) in [5, 5.41) is 5.00. The van der Waals surface area contributed by atoms with Crippen LogP contribution in [0.2, 0.25) is 0 Å². The molecule has 1 atom stereocenters. The highest BCUT2D eigenvalue weighted by molar-refractivity contribution is 8.00. The number of carbonyl (C=O) groups excluding carboxylic acids is 1. The first-order valence-electron chi connectivity index (χ1n) is 9.86. The van der Waals surface area contributed by atoms with E-state index in [1.807, 2.05) is 0 Å². The second-order valence-electron chi connectivity index (χ2n) is 7.03. The summed E-state index contributed by atoms with van der Waals surface area (Å²) in [5.41, 5.74) is 1.17. The molecule has 168 valence electrons. The minimum absolute atomic E-state index is 0.202. The van der Waals surface area contributed by atoms with Gasteiger partial charge in [0.2, 0.25) is 5.91 Å². The lowest BCUT2D eigenvalue weighted by atomic mass is 10.2. The third-order valence-corrected chi connectivity index (χ3v) is 6.59. The van der Waals surface area contributed by atoms with Gasteiger partial charge in [0, 0.05) is 17.5 Å². The average Bonchev–Trinajstić information content (AvgIpc) is 3.26. The Hall–Kier alpha value is -3.37. The Bertz CT molecular complexity index is 1420. The van der Waals surface area contributed by atoms with E-state index in [0.717, 1.165) is 23.9 Å². The predicted octanol–water partition coefficient (Wildman–Crippen LogP) is 5.10. The van der Waals surface area contributed by atoms with Gasteiger partial charge in [0.25, 0.3) is 5.56 Å². The van der Waals surface area contributed by atoms with Gasteiger partial charge in [-0.3, -0.25) is 14.2 Å². The van der Waals surface area contributed by atoms with E-state index in [9.17, 15) is 18.4 Å². The molecular formula is C23H18F2N4O2S2. The van der Waals surface area contributed by atoms with Gasteiger partial charge >= 0.3 is 0 Å². The van der Waals surface area contributed by atoms with Gasteiger partial charge < -0.3 is 5.32 Å². The Morgan fingerprint density at radius 2 is 2.03 bits per heavy atom. The van der Waals surface area contributed by atoms with E-state index in [1.165, 1.54) is 22.0 Å². The van der Waals surface area contributed by atoms with E-state index in [0.29, 0.717) is 32.4 Å². The van der Waals surface area contributed by atoms with Crippen LogP contribution in [0.15, 0.2) is 70.5 Å². The summed E-state index contributed by atoms with van der Waals surface area (Å²) in [5.74, 6) is -2.24. The SMILES string of the molecule is C=CCn1c(S[C@H](C)C(=O)Nc2nc(-c3ccc(F)c(F)c3)cs2)nc2ccccc2c1=O. The molecule has 0 unspecified atom stereocenters. The van der Waals surface area contributed by atoms with Crippen LogP contribution >= 0.6 is 23.1 Å². The standard InChI is InChI=1S/C23H18F2N4O2S2/c1-3-10-29-21(31)15-6-4-5-7-18(15)27-23(29)33-13(2)20(30)28-22-26-19(12-32-22)14-8-9-16(24)17(25)11-14/h3-9,11-13H,1,10H2,2H3,(H,26,28,30)/t13-/m1/s1. The fourth-order valence-electron chi connectivity index (χ4n) is 3.07. The van der Waals surface area contributed by atoms with Crippen molar-refractivity contribution in [2.24, 2.45) is 0 Å². The predicted molar refractivity (Wildman–Crippen MR) is 128 cm³/mol. The fourth-order valence-corrected chi connectivity index (χ4v) is 4.71. The number of benzene rings is 2. The summed E-state index contributed by atoms with van der Waals surface area (Å²) in [4.78, 5) is 34.5. The smallest absolute Gasteiger partial charge is 0.262 e. The molecule has 2 aromatic carbocycles. The first kappa shape index (κ1) is 22.8. The van der Waals surface area contributed by atoms with Crippen LogP contribution in [0.4, 0.5) is 13.9 Å². The number of nitrogens with one attached hydrogen (secondary N) is 1. The minimum atomic E-state index is -0.968. The van der Waals surface area contributed by atoms with Crippen LogP contribution in [0.3, 0.4) is 0 Å². The molecule has 6 nitrogen and oxygen atoms in total. The molecule has 0 aliphatic carbocycles. The van der Waals surface area contributed by atoms with Gasteiger partial charge in [-0.15, -0.1) is 17.9 Å². The third kappa shape index (κ3) is 4.86. The Morgan fingerprint density at radius 1 is 1.24 bits per heavy atom. The highest BCUT2D eigenvalue weighted by Crippen LogP contribution is 2.28. The van der Waals surface area contributed by atoms with Crippen molar-refractivity contribution in [2.45, 2.75) is 23.9 Å². The number of carbonyl (C=O) groups is 1. The van der Waals surface area contributed by atoms with E-state index in [1.54, 1.807) is 42.6 Å². The topological polar surface area (TPSA) is 76.9 Å². The lowest BCUT2D eigenvalue weighted by molar-refractivity contribution is -0.115. The molecule has 4 aromatic rings. The van der Waals surface area contributed by atoms with Crippen LogP contribution in [0, 0.1) is 11.6 Å². The van der Waals surface area contributed by atoms with Crippen LogP contribution in [-0.4, -0.2) is 25.7 Å². The van der Waals surface area contributed by atoms with Crippen molar-refractivity contribution in [3.8, 4) is 11.3 Å². The summed E-state index contributed by atoms with van der Waals surface area (Å²) in [6.45, 7) is 5.66. The van der Waals surface area contributed by atoms with E-state index >= 15 is 0 Å². The number of fused-ring (bicyclic) bond motifs is 1. The molecule has 0 bridgehead atoms. The molecule has 0 spiro atoms. The van der Waals surface area contributed by atoms with Crippen molar-refractivity contribution in [2.75, 3.05) is 5.32 Å². The average molecular weight is 485 g/mol. The van der Waals surface area contributed by atoms with Crippen molar-refractivity contribution >= 4 is 45.0 Å². The summed E-state index contributed by atoms with van der Waals surface area (Å²) in [7, 11) is 0. The van der Waals surface area contributed by atoms with Gasteiger partial charge in [0.1, 0.15) is 0 Å². The quantitative estimate of drug-likeness (QED) is 0.224. The number of amides is 1. The highest BCUT2D eigenvalue weighted by Gasteiger charge is 2.20. The zero-order valence-corrected chi connectivity index (χ0v) is 19.1. The third-order valence-electron chi connectivity index (χ3n) is 4.74. The molecule has 0 aliphatic heterocycles. The molecule has 0 saturated carbocycles. The number of rotatable bonds is 7. The van der Waals surface area contributed by atoms with Gasteiger partial charge in [0.15, 0.2) is 21.9 Å². The Morgan fingerprint density at radius 3 is 2.79 bits per heavy atom. The van der Waals surface area contributed by atoms with Crippen LogP contribution in [0.1, 0.15) is 6.92 Å². The number of para-hydroxylation sites is 1. The molecule has 1 amide bonds. The van der Waals surface area contributed by atoms with Gasteiger partial charge in [-0.2, -0.15) is 0 Å². The van der Waals surface area contributed by atoms with Crippen molar-refractivity contribution in [1.82, 2.24) is 14.5 Å². The molecule has 2 aromatic heterocycles. The maximum atomic E-state index is 13.5. The van der Waals surface area contributed by atoms with Crippen molar-refractivity contribution < 1.29 is 13.6 Å². The fraction of sp³-hybridized carbons (Fsp3) is 0.130. The number of hydrogen-bond acceptors (Lipinski definition) is 6. The van der Waals surface area contributed by atoms with Crippen LogP contribution < -0.4 is 10.9 Å². The summed E-state index contributed by atoms with van der Waals surface area (Å²) in [6, 6.07) is 10.5. The summed E-state index contributed by atoms with van der Waals surface area (Å²) in [6.07, 6.45) is 1.60. The van der Waals surface area contributed by atoms with E-state index < -0.39 is 16.9 Å². The second-order valence-corrected chi connectivity index (χ2v) is 9.20. The number of thiazole rings is 1. The van der Waals surface area contributed by atoms with Crippen molar-refractivity contribution in [3.63, 3.8) is 0 Å².